The number of carbonyl (C=O) groups excluding carboxylic acids is 1. The van der Waals surface area contributed by atoms with Gasteiger partial charge in [0.05, 0.1) is 17.2 Å². The van der Waals surface area contributed by atoms with Crippen LogP contribution < -0.4 is 10.9 Å². The van der Waals surface area contributed by atoms with Crippen LogP contribution >= 0.6 is 11.3 Å². The second-order valence-electron chi connectivity index (χ2n) is 4.68. The van der Waals surface area contributed by atoms with E-state index in [2.05, 4.69) is 20.5 Å². The average molecular weight is 331 g/mol. The molecule has 0 fully saturated rings. The number of carbonyl (C=O) groups is 1. The number of benzene rings is 1. The summed E-state index contributed by atoms with van der Waals surface area (Å²) in [4.78, 5) is 28.5. The van der Waals surface area contributed by atoms with E-state index >= 15 is 0 Å². The van der Waals surface area contributed by atoms with Gasteiger partial charge in [-0.1, -0.05) is 23.5 Å². The van der Waals surface area contributed by atoms with Crippen LogP contribution in [0.3, 0.4) is 0 Å². The molecule has 2 heterocycles. The molecular formula is C14H13N5O3S. The van der Waals surface area contributed by atoms with Crippen LogP contribution in [-0.2, 0) is 22.7 Å². The van der Waals surface area contributed by atoms with Crippen molar-refractivity contribution in [2.24, 2.45) is 0 Å². The van der Waals surface area contributed by atoms with Crippen molar-refractivity contribution in [3.63, 3.8) is 0 Å². The van der Waals surface area contributed by atoms with Gasteiger partial charge in [-0.3, -0.25) is 19.5 Å². The van der Waals surface area contributed by atoms with Crippen molar-refractivity contribution in [1.82, 2.24) is 19.7 Å². The van der Waals surface area contributed by atoms with E-state index in [0.717, 1.165) is 0 Å². The van der Waals surface area contributed by atoms with Gasteiger partial charge in [-0.05, 0) is 12.1 Å². The van der Waals surface area contributed by atoms with Gasteiger partial charge in [0.2, 0.25) is 11.0 Å². The maximum atomic E-state index is 12.3. The van der Waals surface area contributed by atoms with Gasteiger partial charge in [-0.15, -0.1) is 10.2 Å². The summed E-state index contributed by atoms with van der Waals surface area (Å²) in [6.45, 7) is 0.192. The maximum Gasteiger partial charge on any atom is 0.261 e. The molecule has 8 nitrogen and oxygen atoms in total. The number of rotatable bonds is 5. The molecule has 0 aliphatic carbocycles. The van der Waals surface area contributed by atoms with Crippen molar-refractivity contribution in [3.05, 3.63) is 46.0 Å². The second-order valence-corrected chi connectivity index (χ2v) is 5.74. The Balaban J connectivity index is 1.74. The number of ether oxygens (including phenoxy) is 1. The van der Waals surface area contributed by atoms with Crippen LogP contribution in [-0.4, -0.2) is 32.8 Å². The topological polar surface area (TPSA) is 99.0 Å². The first-order valence-corrected chi connectivity index (χ1v) is 7.54. The van der Waals surface area contributed by atoms with E-state index in [1.165, 1.54) is 22.2 Å². The third kappa shape index (κ3) is 3.41. The minimum Gasteiger partial charge on any atom is -0.377 e. The molecule has 9 heteroatoms. The van der Waals surface area contributed by atoms with Crippen LogP contribution in [0.4, 0.5) is 5.13 Å². The van der Waals surface area contributed by atoms with Gasteiger partial charge < -0.3 is 4.74 Å². The van der Waals surface area contributed by atoms with Crippen molar-refractivity contribution in [2.45, 2.75) is 13.2 Å². The SMILES string of the molecule is COCc1nnc(NC(=O)Cn2cnc3ccccc3c2=O)s1. The summed E-state index contributed by atoms with van der Waals surface area (Å²) < 4.78 is 6.20. The van der Waals surface area contributed by atoms with Crippen LogP contribution in [0.15, 0.2) is 35.4 Å². The number of methoxy groups -OCH3 is 1. The fourth-order valence-electron chi connectivity index (χ4n) is 2.02. The molecule has 3 rings (SSSR count). The Kier molecular flexibility index (Phi) is 4.40. The lowest BCUT2D eigenvalue weighted by molar-refractivity contribution is -0.116. The molecule has 2 aromatic heterocycles. The van der Waals surface area contributed by atoms with Gasteiger partial charge in [0, 0.05) is 7.11 Å². The van der Waals surface area contributed by atoms with Gasteiger partial charge in [-0.2, -0.15) is 0 Å². The summed E-state index contributed by atoms with van der Waals surface area (Å²) in [5.74, 6) is -0.371. The van der Waals surface area contributed by atoms with Crippen molar-refractivity contribution < 1.29 is 9.53 Å². The predicted molar refractivity (Wildman–Crippen MR) is 85.3 cm³/mol. The van der Waals surface area contributed by atoms with E-state index in [1.807, 2.05) is 0 Å². The lowest BCUT2D eigenvalue weighted by Gasteiger charge is -2.05. The number of anilines is 1. The highest BCUT2D eigenvalue weighted by Crippen LogP contribution is 2.15. The Morgan fingerprint density at radius 1 is 1.35 bits per heavy atom. The van der Waals surface area contributed by atoms with Crippen molar-refractivity contribution in [2.75, 3.05) is 12.4 Å². The largest absolute Gasteiger partial charge is 0.377 e. The summed E-state index contributed by atoms with van der Waals surface area (Å²) in [6, 6.07) is 6.99. The van der Waals surface area contributed by atoms with Crippen molar-refractivity contribution in [3.8, 4) is 0 Å². The average Bonchev–Trinajstić information content (AvgIpc) is 2.98. The van der Waals surface area contributed by atoms with Gasteiger partial charge in [0.15, 0.2) is 0 Å². The molecule has 23 heavy (non-hydrogen) atoms. The fourth-order valence-corrected chi connectivity index (χ4v) is 2.75. The zero-order valence-corrected chi connectivity index (χ0v) is 13.0. The van der Waals surface area contributed by atoms with E-state index in [-0.39, 0.29) is 18.0 Å². The molecule has 0 bridgehead atoms. The second kappa shape index (κ2) is 6.63. The molecule has 0 saturated heterocycles. The molecule has 118 valence electrons. The van der Waals surface area contributed by atoms with Crippen molar-refractivity contribution in [1.29, 1.82) is 0 Å². The molecule has 1 N–H and O–H groups in total. The molecule has 0 saturated carbocycles. The molecule has 0 spiro atoms. The first-order chi connectivity index (χ1) is 11.2. The number of nitrogens with one attached hydrogen (secondary N) is 1. The monoisotopic (exact) mass is 331 g/mol. The van der Waals surface area contributed by atoms with Gasteiger partial charge in [0.1, 0.15) is 18.2 Å². The molecule has 0 aliphatic rings. The van der Waals surface area contributed by atoms with E-state index < -0.39 is 0 Å². The number of amides is 1. The van der Waals surface area contributed by atoms with Crippen LogP contribution in [0.1, 0.15) is 5.01 Å². The highest BCUT2D eigenvalue weighted by atomic mass is 32.1. The van der Waals surface area contributed by atoms with Crippen LogP contribution in [0.5, 0.6) is 0 Å². The number of para-hydroxylation sites is 1. The Hall–Kier alpha value is -2.65. The first kappa shape index (κ1) is 15.3. The standard InChI is InChI=1S/C14H13N5O3S/c1-22-7-12-17-18-14(23-12)16-11(20)6-19-8-15-10-5-3-2-4-9(10)13(19)21/h2-5,8H,6-7H2,1H3,(H,16,18,20). The Bertz CT molecular complexity index is 905. The summed E-state index contributed by atoms with van der Waals surface area (Å²) in [6.07, 6.45) is 1.36. The van der Waals surface area contributed by atoms with E-state index in [1.54, 1.807) is 31.4 Å². The lowest BCUT2D eigenvalue weighted by atomic mass is 10.2. The maximum absolute atomic E-state index is 12.3. The zero-order valence-electron chi connectivity index (χ0n) is 12.2. The molecule has 1 amide bonds. The first-order valence-electron chi connectivity index (χ1n) is 6.72. The molecular weight excluding hydrogens is 318 g/mol. The number of aromatic nitrogens is 4. The minimum absolute atomic E-state index is 0.143. The van der Waals surface area contributed by atoms with Crippen LogP contribution in [0, 0.1) is 0 Å². The Morgan fingerprint density at radius 3 is 3.00 bits per heavy atom. The molecule has 0 atom stereocenters. The third-order valence-corrected chi connectivity index (χ3v) is 3.84. The third-order valence-electron chi connectivity index (χ3n) is 3.03. The number of hydrogen-bond donors (Lipinski definition) is 1. The zero-order chi connectivity index (χ0) is 16.2. The number of hydrogen-bond acceptors (Lipinski definition) is 7. The van der Waals surface area contributed by atoms with Gasteiger partial charge >= 0.3 is 0 Å². The van der Waals surface area contributed by atoms with E-state index in [0.29, 0.717) is 27.6 Å². The van der Waals surface area contributed by atoms with Crippen molar-refractivity contribution >= 4 is 33.3 Å². The Morgan fingerprint density at radius 2 is 2.17 bits per heavy atom. The number of fused-ring (bicyclic) bond motifs is 1. The normalized spacial score (nSPS) is 10.8. The molecule has 3 aromatic rings. The number of nitrogens with zero attached hydrogens (tertiary/aromatic N) is 4. The molecule has 0 radical (unpaired) electrons. The lowest BCUT2D eigenvalue weighted by Crippen LogP contribution is -2.27. The van der Waals surface area contributed by atoms with Crippen LogP contribution in [0.25, 0.3) is 10.9 Å². The quantitative estimate of drug-likeness (QED) is 0.750. The predicted octanol–water partition coefficient (Wildman–Crippen LogP) is 1.03. The molecule has 0 aliphatic heterocycles. The molecule has 1 aromatic carbocycles. The molecule has 0 unspecified atom stereocenters. The summed E-state index contributed by atoms with van der Waals surface area (Å²) >= 11 is 1.22. The summed E-state index contributed by atoms with van der Waals surface area (Å²) in [5.41, 5.74) is 0.338. The summed E-state index contributed by atoms with van der Waals surface area (Å²) in [7, 11) is 1.55. The highest BCUT2D eigenvalue weighted by Gasteiger charge is 2.11. The summed E-state index contributed by atoms with van der Waals surface area (Å²) in [5, 5.41) is 11.8. The van der Waals surface area contributed by atoms with E-state index in [9.17, 15) is 9.59 Å². The van der Waals surface area contributed by atoms with E-state index in [4.69, 9.17) is 4.74 Å². The van der Waals surface area contributed by atoms with Gasteiger partial charge in [-0.25, -0.2) is 4.98 Å². The Labute approximate surface area is 134 Å². The minimum atomic E-state index is -0.371. The smallest absolute Gasteiger partial charge is 0.261 e. The highest BCUT2D eigenvalue weighted by molar-refractivity contribution is 7.15. The van der Waals surface area contributed by atoms with Gasteiger partial charge in [0.25, 0.3) is 5.56 Å². The van der Waals surface area contributed by atoms with Crippen LogP contribution in [0.2, 0.25) is 0 Å². The fraction of sp³-hybridized carbons (Fsp3) is 0.214.